The SMILES string of the molecule is N#Cc1cc(F)cc2c1[C@H](N)CCC2. The highest BCUT2D eigenvalue weighted by atomic mass is 19.1. The van der Waals surface area contributed by atoms with Crippen molar-refractivity contribution in [3.63, 3.8) is 0 Å². The highest BCUT2D eigenvalue weighted by molar-refractivity contribution is 5.46. The fourth-order valence-corrected chi connectivity index (χ4v) is 2.07. The number of fused-ring (bicyclic) bond motifs is 1. The van der Waals surface area contributed by atoms with Crippen LogP contribution in [0.5, 0.6) is 0 Å². The van der Waals surface area contributed by atoms with Gasteiger partial charge in [-0.1, -0.05) is 0 Å². The number of aryl methyl sites for hydroxylation is 1. The van der Waals surface area contributed by atoms with Crippen molar-refractivity contribution in [3.05, 3.63) is 34.6 Å². The molecule has 1 aliphatic carbocycles. The Kier molecular flexibility index (Phi) is 2.22. The number of nitrogens with two attached hydrogens (primary N) is 1. The molecule has 72 valence electrons. The average Bonchev–Trinajstić information content (AvgIpc) is 2.16. The molecule has 1 aromatic carbocycles. The number of nitrogens with zero attached hydrogens (tertiary/aromatic N) is 1. The van der Waals surface area contributed by atoms with E-state index in [1.54, 1.807) is 0 Å². The van der Waals surface area contributed by atoms with Gasteiger partial charge in [0.05, 0.1) is 11.6 Å². The van der Waals surface area contributed by atoms with E-state index in [4.69, 9.17) is 11.0 Å². The summed E-state index contributed by atoms with van der Waals surface area (Å²) in [6.07, 6.45) is 2.69. The molecule has 0 aromatic heterocycles. The Morgan fingerprint density at radius 2 is 2.29 bits per heavy atom. The number of hydrogen-bond donors (Lipinski definition) is 1. The Bertz CT molecular complexity index is 406. The first-order valence-electron chi connectivity index (χ1n) is 4.70. The predicted octanol–water partition coefficient (Wildman–Crippen LogP) is 2.03. The highest BCUT2D eigenvalue weighted by Gasteiger charge is 2.21. The van der Waals surface area contributed by atoms with Gasteiger partial charge >= 0.3 is 0 Å². The molecular formula is C11H11FN2. The van der Waals surface area contributed by atoms with E-state index in [2.05, 4.69) is 0 Å². The van der Waals surface area contributed by atoms with Crippen molar-refractivity contribution in [1.82, 2.24) is 0 Å². The maximum Gasteiger partial charge on any atom is 0.124 e. The summed E-state index contributed by atoms with van der Waals surface area (Å²) in [5, 5.41) is 8.86. The molecule has 0 saturated heterocycles. The maximum atomic E-state index is 13.1. The normalized spacial score (nSPS) is 19.9. The van der Waals surface area contributed by atoms with Gasteiger partial charge in [-0.15, -0.1) is 0 Å². The molecule has 3 heteroatoms. The summed E-state index contributed by atoms with van der Waals surface area (Å²) >= 11 is 0. The Balaban J connectivity index is 2.63. The van der Waals surface area contributed by atoms with Crippen LogP contribution in [0.15, 0.2) is 12.1 Å². The number of rotatable bonds is 0. The lowest BCUT2D eigenvalue weighted by atomic mass is 9.85. The largest absolute Gasteiger partial charge is 0.324 e. The van der Waals surface area contributed by atoms with Gasteiger partial charge in [0, 0.05) is 6.04 Å². The monoisotopic (exact) mass is 190 g/mol. The highest BCUT2D eigenvalue weighted by Crippen LogP contribution is 2.31. The second-order valence-corrected chi connectivity index (χ2v) is 3.64. The first kappa shape index (κ1) is 9.17. The zero-order valence-electron chi connectivity index (χ0n) is 7.76. The molecule has 1 aromatic rings. The quantitative estimate of drug-likeness (QED) is 0.680. The van der Waals surface area contributed by atoms with Crippen LogP contribution < -0.4 is 5.73 Å². The van der Waals surface area contributed by atoms with Crippen LogP contribution in [0.2, 0.25) is 0 Å². The molecule has 2 nitrogen and oxygen atoms in total. The molecule has 0 aliphatic heterocycles. The van der Waals surface area contributed by atoms with Crippen LogP contribution in [0.3, 0.4) is 0 Å². The second kappa shape index (κ2) is 3.39. The predicted molar refractivity (Wildman–Crippen MR) is 51.0 cm³/mol. The van der Waals surface area contributed by atoms with Gasteiger partial charge in [0.25, 0.3) is 0 Å². The van der Waals surface area contributed by atoms with Crippen LogP contribution in [-0.2, 0) is 6.42 Å². The van der Waals surface area contributed by atoms with Crippen LogP contribution in [0, 0.1) is 17.1 Å². The van der Waals surface area contributed by atoms with Gasteiger partial charge < -0.3 is 5.73 Å². The van der Waals surface area contributed by atoms with E-state index in [1.165, 1.54) is 12.1 Å². The smallest absolute Gasteiger partial charge is 0.124 e. The van der Waals surface area contributed by atoms with Crippen molar-refractivity contribution in [3.8, 4) is 6.07 Å². The molecule has 2 rings (SSSR count). The van der Waals surface area contributed by atoms with Crippen molar-refractivity contribution in [2.45, 2.75) is 25.3 Å². The van der Waals surface area contributed by atoms with Gasteiger partial charge in [0.2, 0.25) is 0 Å². The first-order valence-corrected chi connectivity index (χ1v) is 4.70. The van der Waals surface area contributed by atoms with E-state index in [0.717, 1.165) is 30.4 Å². The molecule has 0 amide bonds. The molecule has 0 bridgehead atoms. The third kappa shape index (κ3) is 1.38. The van der Waals surface area contributed by atoms with Crippen molar-refractivity contribution in [2.24, 2.45) is 5.73 Å². The number of halogens is 1. The first-order chi connectivity index (χ1) is 6.72. The summed E-state index contributed by atoms with van der Waals surface area (Å²) in [6.45, 7) is 0. The van der Waals surface area contributed by atoms with Gasteiger partial charge in [0.1, 0.15) is 5.82 Å². The summed E-state index contributed by atoms with van der Waals surface area (Å²) in [4.78, 5) is 0. The Hall–Kier alpha value is -1.40. The van der Waals surface area contributed by atoms with Crippen molar-refractivity contribution in [2.75, 3.05) is 0 Å². The van der Waals surface area contributed by atoms with Gasteiger partial charge in [-0.3, -0.25) is 0 Å². The van der Waals surface area contributed by atoms with E-state index in [-0.39, 0.29) is 11.9 Å². The van der Waals surface area contributed by atoms with E-state index in [9.17, 15) is 4.39 Å². The lowest BCUT2D eigenvalue weighted by Crippen LogP contribution is -2.19. The Morgan fingerprint density at radius 3 is 3.00 bits per heavy atom. The van der Waals surface area contributed by atoms with E-state index in [1.807, 2.05) is 6.07 Å². The fourth-order valence-electron chi connectivity index (χ4n) is 2.07. The van der Waals surface area contributed by atoms with Crippen LogP contribution in [0.25, 0.3) is 0 Å². The van der Waals surface area contributed by atoms with Gasteiger partial charge in [-0.25, -0.2) is 4.39 Å². The van der Waals surface area contributed by atoms with Crippen molar-refractivity contribution >= 4 is 0 Å². The molecule has 1 atom stereocenters. The Labute approximate surface area is 82.1 Å². The molecule has 0 heterocycles. The number of hydrogen-bond acceptors (Lipinski definition) is 2. The van der Waals surface area contributed by atoms with Crippen LogP contribution in [0.1, 0.15) is 35.6 Å². The van der Waals surface area contributed by atoms with Crippen molar-refractivity contribution in [1.29, 1.82) is 5.26 Å². The molecule has 0 unspecified atom stereocenters. The third-order valence-electron chi connectivity index (χ3n) is 2.68. The maximum absolute atomic E-state index is 13.1. The zero-order valence-corrected chi connectivity index (χ0v) is 7.76. The van der Waals surface area contributed by atoms with Gasteiger partial charge in [-0.2, -0.15) is 5.26 Å². The average molecular weight is 190 g/mol. The van der Waals surface area contributed by atoms with Gasteiger partial charge in [-0.05, 0) is 42.5 Å². The lowest BCUT2D eigenvalue weighted by Gasteiger charge is -2.23. The zero-order chi connectivity index (χ0) is 10.1. The fraction of sp³-hybridized carbons (Fsp3) is 0.364. The number of benzene rings is 1. The third-order valence-corrected chi connectivity index (χ3v) is 2.68. The summed E-state index contributed by atoms with van der Waals surface area (Å²) in [5.41, 5.74) is 8.05. The van der Waals surface area contributed by atoms with Crippen LogP contribution in [-0.4, -0.2) is 0 Å². The molecular weight excluding hydrogens is 179 g/mol. The van der Waals surface area contributed by atoms with Crippen molar-refractivity contribution < 1.29 is 4.39 Å². The summed E-state index contributed by atoms with van der Waals surface area (Å²) in [7, 11) is 0. The molecule has 0 radical (unpaired) electrons. The van der Waals surface area contributed by atoms with E-state index >= 15 is 0 Å². The second-order valence-electron chi connectivity index (χ2n) is 3.64. The summed E-state index contributed by atoms with van der Waals surface area (Å²) in [6, 6.07) is 4.67. The molecule has 1 aliphatic rings. The minimum absolute atomic E-state index is 0.103. The molecule has 0 spiro atoms. The minimum atomic E-state index is -0.339. The molecule has 2 N–H and O–H groups in total. The van der Waals surface area contributed by atoms with E-state index in [0.29, 0.717) is 5.56 Å². The lowest BCUT2D eigenvalue weighted by molar-refractivity contribution is 0.558. The van der Waals surface area contributed by atoms with Crippen LogP contribution >= 0.6 is 0 Å². The summed E-state index contributed by atoms with van der Waals surface area (Å²) < 4.78 is 13.1. The summed E-state index contributed by atoms with van der Waals surface area (Å²) in [5.74, 6) is -0.339. The molecule has 0 fully saturated rings. The standard InChI is InChI=1S/C11H11FN2/c12-9-4-7-2-1-3-10(14)11(7)8(5-9)6-13/h4-5,10H,1-3,14H2/t10-/m1/s1. The minimum Gasteiger partial charge on any atom is -0.324 e. The molecule has 0 saturated carbocycles. The number of nitriles is 1. The van der Waals surface area contributed by atoms with Crippen LogP contribution in [0.4, 0.5) is 4.39 Å². The van der Waals surface area contributed by atoms with Gasteiger partial charge in [0.15, 0.2) is 0 Å². The molecule has 14 heavy (non-hydrogen) atoms. The topological polar surface area (TPSA) is 49.8 Å². The van der Waals surface area contributed by atoms with E-state index < -0.39 is 0 Å². The Morgan fingerprint density at radius 1 is 1.50 bits per heavy atom.